The zero-order valence-corrected chi connectivity index (χ0v) is 14.1. The SMILES string of the molecule is Nc1cc(C(=O)c2cc(Br)sc2Br)cc(Cl)c1Cl. The normalized spacial score (nSPS) is 10.7. The summed E-state index contributed by atoms with van der Waals surface area (Å²) in [4.78, 5) is 12.3. The van der Waals surface area contributed by atoms with Gasteiger partial charge in [-0.05, 0) is 50.1 Å². The van der Waals surface area contributed by atoms with E-state index in [2.05, 4.69) is 31.9 Å². The van der Waals surface area contributed by atoms with Crippen LogP contribution in [0.15, 0.2) is 25.8 Å². The minimum Gasteiger partial charge on any atom is -0.397 e. The molecule has 0 aliphatic heterocycles. The summed E-state index contributed by atoms with van der Waals surface area (Å²) in [5.74, 6) is -0.158. The molecule has 0 saturated heterocycles. The van der Waals surface area contributed by atoms with Gasteiger partial charge in [0.15, 0.2) is 5.78 Å². The molecule has 1 heterocycles. The number of thiophene rings is 1. The van der Waals surface area contributed by atoms with E-state index < -0.39 is 0 Å². The molecule has 2 N–H and O–H groups in total. The molecule has 2 nitrogen and oxygen atoms in total. The largest absolute Gasteiger partial charge is 0.397 e. The van der Waals surface area contributed by atoms with E-state index in [1.165, 1.54) is 23.5 Å². The van der Waals surface area contributed by atoms with E-state index in [1.807, 2.05) is 0 Å². The van der Waals surface area contributed by atoms with Gasteiger partial charge in [0, 0.05) is 11.1 Å². The van der Waals surface area contributed by atoms with Crippen molar-refractivity contribution in [2.24, 2.45) is 0 Å². The van der Waals surface area contributed by atoms with Crippen LogP contribution in [0.3, 0.4) is 0 Å². The first kappa shape index (κ1) is 14.3. The molecule has 1 aromatic heterocycles. The third kappa shape index (κ3) is 2.75. The number of benzene rings is 1. The van der Waals surface area contributed by atoms with E-state index >= 15 is 0 Å². The van der Waals surface area contributed by atoms with Crippen LogP contribution in [0.1, 0.15) is 15.9 Å². The van der Waals surface area contributed by atoms with Gasteiger partial charge in [-0.1, -0.05) is 23.2 Å². The molecule has 0 aliphatic carbocycles. The van der Waals surface area contributed by atoms with Crippen molar-refractivity contribution in [1.82, 2.24) is 0 Å². The lowest BCUT2D eigenvalue weighted by molar-refractivity contribution is 0.103. The first-order valence-corrected chi connectivity index (χ1v) is 7.80. The Kier molecular flexibility index (Phi) is 4.39. The Bertz CT molecular complexity index is 619. The van der Waals surface area contributed by atoms with Gasteiger partial charge < -0.3 is 5.73 Å². The number of hydrogen-bond acceptors (Lipinski definition) is 3. The van der Waals surface area contributed by atoms with E-state index in [0.717, 1.165) is 7.57 Å². The number of ketones is 1. The number of halogens is 4. The molecule has 0 bridgehead atoms. The summed E-state index contributed by atoms with van der Waals surface area (Å²) in [6, 6.07) is 4.78. The van der Waals surface area contributed by atoms with Crippen molar-refractivity contribution in [2.75, 3.05) is 5.73 Å². The summed E-state index contributed by atoms with van der Waals surface area (Å²) in [6.07, 6.45) is 0. The number of carbonyl (C=O) groups is 1. The fourth-order valence-corrected chi connectivity index (χ4v) is 4.52. The lowest BCUT2D eigenvalue weighted by Gasteiger charge is -2.05. The molecule has 0 aliphatic rings. The highest BCUT2D eigenvalue weighted by Crippen LogP contribution is 2.35. The molecule has 2 rings (SSSR count). The van der Waals surface area contributed by atoms with Crippen LogP contribution in [0.5, 0.6) is 0 Å². The average Bonchev–Trinajstić information content (AvgIpc) is 2.63. The second kappa shape index (κ2) is 5.51. The topological polar surface area (TPSA) is 43.1 Å². The molecule has 0 unspecified atom stereocenters. The summed E-state index contributed by atoms with van der Waals surface area (Å²) < 4.78 is 1.62. The fraction of sp³-hybridized carbons (Fsp3) is 0. The predicted molar refractivity (Wildman–Crippen MR) is 84.0 cm³/mol. The van der Waals surface area contributed by atoms with Crippen molar-refractivity contribution in [3.8, 4) is 0 Å². The standard InChI is InChI=1S/C11H5Br2Cl2NOS/c12-8-3-5(11(13)18-8)10(17)4-1-6(14)9(15)7(16)2-4/h1-3H,16H2. The molecular formula is C11H5Br2Cl2NOS. The lowest BCUT2D eigenvalue weighted by atomic mass is 10.1. The highest BCUT2D eigenvalue weighted by Gasteiger charge is 2.17. The Hall–Kier alpha value is -0.0700. The molecule has 0 saturated carbocycles. The van der Waals surface area contributed by atoms with Crippen LogP contribution >= 0.6 is 66.4 Å². The smallest absolute Gasteiger partial charge is 0.195 e. The summed E-state index contributed by atoms with van der Waals surface area (Å²) >= 11 is 19.9. The highest BCUT2D eigenvalue weighted by atomic mass is 79.9. The van der Waals surface area contributed by atoms with Crippen molar-refractivity contribution in [3.63, 3.8) is 0 Å². The number of nitrogens with two attached hydrogens (primary N) is 1. The van der Waals surface area contributed by atoms with Gasteiger partial charge in [0.1, 0.15) is 0 Å². The Morgan fingerprint density at radius 3 is 2.39 bits per heavy atom. The molecular weight excluding hydrogens is 425 g/mol. The van der Waals surface area contributed by atoms with Crippen molar-refractivity contribution in [1.29, 1.82) is 0 Å². The Balaban J connectivity index is 2.50. The van der Waals surface area contributed by atoms with Crippen molar-refractivity contribution in [3.05, 3.63) is 46.9 Å². The summed E-state index contributed by atoms with van der Waals surface area (Å²) in [7, 11) is 0. The third-order valence-corrected chi connectivity index (χ3v) is 5.38. The second-order valence-electron chi connectivity index (χ2n) is 3.43. The molecule has 0 amide bonds. The van der Waals surface area contributed by atoms with Gasteiger partial charge in [0.05, 0.1) is 23.3 Å². The van der Waals surface area contributed by atoms with Gasteiger partial charge in [0.25, 0.3) is 0 Å². The lowest BCUT2D eigenvalue weighted by Crippen LogP contribution is -2.02. The van der Waals surface area contributed by atoms with E-state index in [-0.39, 0.29) is 21.5 Å². The quantitative estimate of drug-likeness (QED) is 0.513. The van der Waals surface area contributed by atoms with Gasteiger partial charge in [-0.25, -0.2) is 0 Å². The molecule has 0 spiro atoms. The van der Waals surface area contributed by atoms with Crippen molar-refractivity contribution >= 4 is 77.9 Å². The van der Waals surface area contributed by atoms with Gasteiger partial charge >= 0.3 is 0 Å². The first-order chi connectivity index (χ1) is 8.40. The van der Waals surface area contributed by atoms with Crippen LogP contribution in [0.2, 0.25) is 10.0 Å². The van der Waals surface area contributed by atoms with E-state index in [0.29, 0.717) is 11.1 Å². The minimum absolute atomic E-state index is 0.158. The van der Waals surface area contributed by atoms with E-state index in [9.17, 15) is 4.79 Å². The maximum Gasteiger partial charge on any atom is 0.195 e. The molecule has 7 heteroatoms. The zero-order chi connectivity index (χ0) is 13.4. The maximum absolute atomic E-state index is 12.3. The highest BCUT2D eigenvalue weighted by molar-refractivity contribution is 9.12. The summed E-state index contributed by atoms with van der Waals surface area (Å²) in [5.41, 5.74) is 6.95. The van der Waals surface area contributed by atoms with E-state index in [1.54, 1.807) is 6.07 Å². The van der Waals surface area contributed by atoms with Crippen LogP contribution in [-0.2, 0) is 0 Å². The van der Waals surface area contributed by atoms with Crippen LogP contribution in [0.4, 0.5) is 5.69 Å². The summed E-state index contributed by atoms with van der Waals surface area (Å²) in [6.45, 7) is 0. The van der Waals surface area contributed by atoms with Crippen LogP contribution in [0.25, 0.3) is 0 Å². The number of hydrogen-bond donors (Lipinski definition) is 1. The number of nitrogen functional groups attached to an aromatic ring is 1. The third-order valence-electron chi connectivity index (χ3n) is 2.22. The zero-order valence-electron chi connectivity index (χ0n) is 8.64. The molecule has 18 heavy (non-hydrogen) atoms. The van der Waals surface area contributed by atoms with Gasteiger partial charge in [-0.15, -0.1) is 11.3 Å². The van der Waals surface area contributed by atoms with Gasteiger partial charge in [-0.2, -0.15) is 0 Å². The molecule has 94 valence electrons. The predicted octanol–water partition coefficient (Wildman–Crippen LogP) is 5.39. The number of carbonyl (C=O) groups excluding carboxylic acids is 1. The minimum atomic E-state index is -0.158. The van der Waals surface area contributed by atoms with Crippen LogP contribution < -0.4 is 5.73 Å². The van der Waals surface area contributed by atoms with E-state index in [4.69, 9.17) is 28.9 Å². The monoisotopic (exact) mass is 427 g/mol. The molecule has 0 radical (unpaired) electrons. The maximum atomic E-state index is 12.3. The fourth-order valence-electron chi connectivity index (χ4n) is 1.39. The first-order valence-electron chi connectivity index (χ1n) is 4.64. The molecule has 2 aromatic rings. The number of anilines is 1. The van der Waals surface area contributed by atoms with Gasteiger partial charge in [0.2, 0.25) is 0 Å². The second-order valence-corrected chi connectivity index (χ2v) is 7.96. The van der Waals surface area contributed by atoms with Crippen molar-refractivity contribution in [2.45, 2.75) is 0 Å². The Morgan fingerprint density at radius 2 is 1.89 bits per heavy atom. The Labute approximate surface area is 134 Å². The average molecular weight is 430 g/mol. The van der Waals surface area contributed by atoms with Gasteiger partial charge in [-0.3, -0.25) is 4.79 Å². The number of rotatable bonds is 2. The summed E-state index contributed by atoms with van der Waals surface area (Å²) in [5, 5.41) is 0.532. The molecule has 0 fully saturated rings. The Morgan fingerprint density at radius 1 is 1.22 bits per heavy atom. The van der Waals surface area contributed by atoms with Crippen molar-refractivity contribution < 1.29 is 4.79 Å². The van der Waals surface area contributed by atoms with Crippen LogP contribution in [0, 0.1) is 0 Å². The molecule has 0 atom stereocenters. The van der Waals surface area contributed by atoms with Crippen LogP contribution in [-0.4, -0.2) is 5.78 Å². The molecule has 1 aromatic carbocycles.